The van der Waals surface area contributed by atoms with E-state index in [0.29, 0.717) is 12.0 Å². The molecule has 2 nitrogen and oxygen atoms in total. The summed E-state index contributed by atoms with van der Waals surface area (Å²) in [6.07, 6.45) is 4.01. The van der Waals surface area contributed by atoms with E-state index in [9.17, 15) is 0 Å². The first-order valence-electron chi connectivity index (χ1n) is 5.82. The van der Waals surface area contributed by atoms with Crippen LogP contribution in [0.25, 0.3) is 0 Å². The van der Waals surface area contributed by atoms with Crippen molar-refractivity contribution in [3.8, 4) is 0 Å². The summed E-state index contributed by atoms with van der Waals surface area (Å²) >= 11 is 0. The molecular weight excluding hydrogens is 186 g/mol. The number of hydrogen-bond donors (Lipinski definition) is 1. The van der Waals surface area contributed by atoms with Crippen LogP contribution in [-0.4, -0.2) is 23.5 Å². The maximum atomic E-state index is 9.17. The maximum Gasteiger partial charge on any atom is 0.0462 e. The van der Waals surface area contributed by atoms with Gasteiger partial charge in [0.1, 0.15) is 0 Å². The van der Waals surface area contributed by atoms with Gasteiger partial charge in [-0.25, -0.2) is 0 Å². The molecule has 0 aliphatic carbocycles. The molecule has 0 saturated heterocycles. The van der Waals surface area contributed by atoms with Crippen LogP contribution in [0.2, 0.25) is 0 Å². The highest BCUT2D eigenvalue weighted by Gasteiger charge is 2.08. The summed E-state index contributed by atoms with van der Waals surface area (Å²) in [5, 5.41) is 9.17. The first-order valence-corrected chi connectivity index (χ1v) is 5.82. The molecule has 0 aliphatic heterocycles. The first-order chi connectivity index (χ1) is 6.99. The molecule has 0 radical (unpaired) electrons. The monoisotopic (exact) mass is 211 g/mol. The van der Waals surface area contributed by atoms with Crippen LogP contribution in [-0.2, 0) is 0 Å². The van der Waals surface area contributed by atoms with Gasteiger partial charge in [-0.15, -0.1) is 0 Å². The maximum absolute atomic E-state index is 9.17. The van der Waals surface area contributed by atoms with Gasteiger partial charge < -0.3 is 5.11 Å². The van der Waals surface area contributed by atoms with E-state index < -0.39 is 0 Å². The predicted molar refractivity (Wildman–Crippen MR) is 67.5 cm³/mol. The molecule has 0 aromatic heterocycles. The Morgan fingerprint density at radius 3 is 2.27 bits per heavy atom. The summed E-state index contributed by atoms with van der Waals surface area (Å²) in [5.41, 5.74) is 2.38. The standard InChI is InChI=1S/C13H25NO/c1-6-12(9-15)8-13(7-10(2)3)14-11(4)5/h7,11-12,15H,6,8-9H2,1-5H3/b14-13+. The number of rotatable bonds is 6. The van der Waals surface area contributed by atoms with Crippen LogP contribution in [0.4, 0.5) is 0 Å². The summed E-state index contributed by atoms with van der Waals surface area (Å²) in [7, 11) is 0. The first kappa shape index (κ1) is 14.4. The fraction of sp³-hybridized carbons (Fsp3) is 0.769. The fourth-order valence-electron chi connectivity index (χ4n) is 1.45. The Morgan fingerprint density at radius 2 is 1.93 bits per heavy atom. The van der Waals surface area contributed by atoms with Crippen molar-refractivity contribution in [2.45, 2.75) is 53.5 Å². The Labute approximate surface area is 94.1 Å². The summed E-state index contributed by atoms with van der Waals surface area (Å²) in [4.78, 5) is 4.58. The zero-order valence-corrected chi connectivity index (χ0v) is 10.7. The van der Waals surface area contributed by atoms with Crippen LogP contribution in [0.3, 0.4) is 0 Å². The molecule has 1 atom stereocenters. The van der Waals surface area contributed by atoms with Gasteiger partial charge in [0.05, 0.1) is 0 Å². The Hall–Kier alpha value is -0.630. The van der Waals surface area contributed by atoms with Gasteiger partial charge in [0, 0.05) is 18.4 Å². The smallest absolute Gasteiger partial charge is 0.0462 e. The van der Waals surface area contributed by atoms with Gasteiger partial charge in [0.2, 0.25) is 0 Å². The van der Waals surface area contributed by atoms with Crippen LogP contribution in [0.5, 0.6) is 0 Å². The van der Waals surface area contributed by atoms with Gasteiger partial charge >= 0.3 is 0 Å². The number of aliphatic hydroxyl groups is 1. The highest BCUT2D eigenvalue weighted by molar-refractivity contribution is 5.95. The van der Waals surface area contributed by atoms with E-state index in [0.717, 1.165) is 18.6 Å². The van der Waals surface area contributed by atoms with Crippen LogP contribution in [0, 0.1) is 5.92 Å². The normalized spacial score (nSPS) is 14.2. The zero-order chi connectivity index (χ0) is 11.8. The van der Waals surface area contributed by atoms with Crippen molar-refractivity contribution in [3.05, 3.63) is 11.6 Å². The lowest BCUT2D eigenvalue weighted by molar-refractivity contribution is 0.227. The molecular formula is C13H25NO. The van der Waals surface area contributed by atoms with Crippen molar-refractivity contribution in [2.75, 3.05) is 6.61 Å². The van der Waals surface area contributed by atoms with Crippen LogP contribution in [0.1, 0.15) is 47.5 Å². The topological polar surface area (TPSA) is 32.6 Å². The summed E-state index contributed by atoms with van der Waals surface area (Å²) in [5.74, 6) is 0.345. The second kappa shape index (κ2) is 7.63. The van der Waals surface area contributed by atoms with Crippen LogP contribution in [0.15, 0.2) is 16.6 Å². The summed E-state index contributed by atoms with van der Waals surface area (Å²) < 4.78 is 0. The van der Waals surface area contributed by atoms with E-state index in [-0.39, 0.29) is 6.61 Å². The third-order valence-electron chi connectivity index (χ3n) is 2.21. The van der Waals surface area contributed by atoms with Crippen molar-refractivity contribution < 1.29 is 5.11 Å². The van der Waals surface area contributed by atoms with Gasteiger partial charge in [-0.1, -0.05) is 18.9 Å². The largest absolute Gasteiger partial charge is 0.396 e. The van der Waals surface area contributed by atoms with Crippen molar-refractivity contribution >= 4 is 5.71 Å². The van der Waals surface area contributed by atoms with Crippen molar-refractivity contribution in [3.63, 3.8) is 0 Å². The van der Waals surface area contributed by atoms with Crippen molar-refractivity contribution in [1.29, 1.82) is 0 Å². The highest BCUT2D eigenvalue weighted by atomic mass is 16.3. The fourth-order valence-corrected chi connectivity index (χ4v) is 1.45. The number of nitrogens with zero attached hydrogens (tertiary/aromatic N) is 1. The second-order valence-corrected chi connectivity index (χ2v) is 4.60. The molecule has 0 saturated carbocycles. The van der Waals surface area contributed by atoms with Crippen LogP contribution >= 0.6 is 0 Å². The Morgan fingerprint density at radius 1 is 1.33 bits per heavy atom. The van der Waals surface area contributed by atoms with E-state index in [1.54, 1.807) is 0 Å². The molecule has 0 heterocycles. The van der Waals surface area contributed by atoms with Gasteiger partial charge in [-0.3, -0.25) is 4.99 Å². The molecule has 1 unspecified atom stereocenters. The van der Waals surface area contributed by atoms with E-state index in [1.165, 1.54) is 5.57 Å². The molecule has 0 aliphatic rings. The SMILES string of the molecule is CCC(CO)C/C(C=C(C)C)=N/C(C)C. The third kappa shape index (κ3) is 7.32. The number of aliphatic hydroxyl groups excluding tert-OH is 1. The van der Waals surface area contributed by atoms with Crippen molar-refractivity contribution in [2.24, 2.45) is 10.9 Å². The average molecular weight is 211 g/mol. The van der Waals surface area contributed by atoms with Gasteiger partial charge in [-0.2, -0.15) is 0 Å². The van der Waals surface area contributed by atoms with E-state index >= 15 is 0 Å². The summed E-state index contributed by atoms with van der Waals surface area (Å²) in [6.45, 7) is 10.7. The van der Waals surface area contributed by atoms with E-state index in [1.807, 2.05) is 0 Å². The van der Waals surface area contributed by atoms with Gasteiger partial charge in [-0.05, 0) is 46.1 Å². The number of allylic oxidation sites excluding steroid dienone is 2. The molecule has 0 rings (SSSR count). The average Bonchev–Trinajstić information content (AvgIpc) is 2.11. The molecule has 0 aromatic rings. The van der Waals surface area contributed by atoms with E-state index in [4.69, 9.17) is 5.11 Å². The minimum atomic E-state index is 0.254. The van der Waals surface area contributed by atoms with E-state index in [2.05, 4.69) is 45.7 Å². The van der Waals surface area contributed by atoms with Gasteiger partial charge in [0.25, 0.3) is 0 Å². The van der Waals surface area contributed by atoms with Crippen molar-refractivity contribution in [1.82, 2.24) is 0 Å². The molecule has 15 heavy (non-hydrogen) atoms. The predicted octanol–water partition coefficient (Wildman–Crippen LogP) is 3.21. The molecule has 0 bridgehead atoms. The Bertz CT molecular complexity index is 221. The minimum Gasteiger partial charge on any atom is -0.396 e. The molecule has 0 aromatic carbocycles. The molecule has 0 amide bonds. The van der Waals surface area contributed by atoms with Gasteiger partial charge in [0.15, 0.2) is 0 Å². The minimum absolute atomic E-state index is 0.254. The lowest BCUT2D eigenvalue weighted by Gasteiger charge is -2.12. The molecule has 0 spiro atoms. The molecule has 1 N–H and O–H groups in total. The highest BCUT2D eigenvalue weighted by Crippen LogP contribution is 2.11. The third-order valence-corrected chi connectivity index (χ3v) is 2.21. The Kier molecular flexibility index (Phi) is 7.31. The zero-order valence-electron chi connectivity index (χ0n) is 10.7. The number of hydrogen-bond acceptors (Lipinski definition) is 2. The molecule has 2 heteroatoms. The molecule has 0 fully saturated rings. The Balaban J connectivity index is 4.58. The molecule has 88 valence electrons. The lowest BCUT2D eigenvalue weighted by atomic mass is 9.99. The summed E-state index contributed by atoms with van der Waals surface area (Å²) in [6, 6.07) is 0.326. The number of aliphatic imine (C=N–C) groups is 1. The second-order valence-electron chi connectivity index (χ2n) is 4.60. The van der Waals surface area contributed by atoms with Crippen LogP contribution < -0.4 is 0 Å². The lowest BCUT2D eigenvalue weighted by Crippen LogP contribution is -2.12. The quantitative estimate of drug-likeness (QED) is 0.672.